The number of nitrogens with zero attached hydrogens (tertiary/aromatic N) is 2. The lowest BCUT2D eigenvalue weighted by Gasteiger charge is -2.14. The number of hydrogen-bond acceptors (Lipinski definition) is 2. The van der Waals surface area contributed by atoms with Gasteiger partial charge in [-0.3, -0.25) is 9.48 Å². The van der Waals surface area contributed by atoms with Gasteiger partial charge in [-0.05, 0) is 43.9 Å². The van der Waals surface area contributed by atoms with Crippen LogP contribution in [0.1, 0.15) is 36.4 Å². The Morgan fingerprint density at radius 1 is 1.19 bits per heavy atom. The molecule has 0 aliphatic heterocycles. The highest BCUT2D eigenvalue weighted by Crippen LogP contribution is 2.22. The van der Waals surface area contributed by atoms with Crippen molar-refractivity contribution in [3.05, 3.63) is 46.8 Å². The second-order valence-corrected chi connectivity index (χ2v) is 5.29. The number of anilines is 1. The Kier molecular flexibility index (Phi) is 4.78. The fourth-order valence-electron chi connectivity index (χ4n) is 2.55. The van der Waals surface area contributed by atoms with Gasteiger partial charge in [-0.25, -0.2) is 0 Å². The van der Waals surface area contributed by atoms with Gasteiger partial charge in [0.05, 0.1) is 5.69 Å². The van der Waals surface area contributed by atoms with Crippen LogP contribution in [0.2, 0.25) is 0 Å². The van der Waals surface area contributed by atoms with Crippen LogP contribution in [0.15, 0.2) is 24.3 Å². The molecule has 21 heavy (non-hydrogen) atoms. The van der Waals surface area contributed by atoms with Crippen LogP contribution in [-0.4, -0.2) is 15.7 Å². The molecule has 0 spiro atoms. The fraction of sp³-hybridized carbons (Fsp3) is 0.412. The summed E-state index contributed by atoms with van der Waals surface area (Å²) in [5.74, 6) is -0.0307. The van der Waals surface area contributed by atoms with E-state index in [-0.39, 0.29) is 12.5 Å². The Morgan fingerprint density at radius 2 is 1.81 bits per heavy atom. The maximum atomic E-state index is 12.3. The van der Waals surface area contributed by atoms with Crippen LogP contribution in [0.3, 0.4) is 0 Å². The van der Waals surface area contributed by atoms with Crippen molar-refractivity contribution in [2.24, 2.45) is 0 Å². The summed E-state index contributed by atoms with van der Waals surface area (Å²) in [6.07, 6.45) is 1.81. The minimum absolute atomic E-state index is 0.0307. The molecule has 1 aromatic heterocycles. The number of rotatable bonds is 5. The molecule has 0 saturated heterocycles. The molecule has 1 N–H and O–H groups in total. The van der Waals surface area contributed by atoms with Crippen molar-refractivity contribution in [2.45, 2.75) is 47.1 Å². The van der Waals surface area contributed by atoms with Crippen molar-refractivity contribution < 1.29 is 4.79 Å². The van der Waals surface area contributed by atoms with Crippen LogP contribution in [0.25, 0.3) is 0 Å². The number of benzene rings is 1. The minimum Gasteiger partial charge on any atom is -0.324 e. The summed E-state index contributed by atoms with van der Waals surface area (Å²) in [7, 11) is 0. The van der Waals surface area contributed by atoms with Crippen LogP contribution >= 0.6 is 0 Å². The quantitative estimate of drug-likeness (QED) is 0.916. The van der Waals surface area contributed by atoms with E-state index in [0.717, 1.165) is 29.9 Å². The first-order valence-corrected chi connectivity index (χ1v) is 7.46. The van der Waals surface area contributed by atoms with E-state index in [1.165, 1.54) is 11.1 Å². The molecule has 112 valence electrons. The van der Waals surface area contributed by atoms with E-state index in [9.17, 15) is 4.79 Å². The van der Waals surface area contributed by atoms with E-state index in [4.69, 9.17) is 0 Å². The van der Waals surface area contributed by atoms with Gasteiger partial charge in [0.15, 0.2) is 0 Å². The molecule has 4 heteroatoms. The number of para-hydroxylation sites is 1. The van der Waals surface area contributed by atoms with Crippen LogP contribution < -0.4 is 5.32 Å². The molecule has 4 nitrogen and oxygen atoms in total. The SMILES string of the molecule is CCc1cccc(CC)c1NC(=O)Cn1nc(C)cc1C. The molecular formula is C17H23N3O. The molecule has 0 atom stereocenters. The highest BCUT2D eigenvalue weighted by Gasteiger charge is 2.12. The minimum atomic E-state index is -0.0307. The Balaban J connectivity index is 2.18. The molecule has 1 aromatic carbocycles. The first-order chi connectivity index (χ1) is 10.0. The molecule has 0 saturated carbocycles. The van der Waals surface area contributed by atoms with Gasteiger partial charge in [0.2, 0.25) is 5.91 Å². The largest absolute Gasteiger partial charge is 0.324 e. The van der Waals surface area contributed by atoms with Gasteiger partial charge in [0.25, 0.3) is 0 Å². The van der Waals surface area contributed by atoms with Gasteiger partial charge in [-0.2, -0.15) is 5.10 Å². The number of aromatic nitrogens is 2. The van der Waals surface area contributed by atoms with Crippen molar-refractivity contribution in [1.29, 1.82) is 0 Å². The zero-order chi connectivity index (χ0) is 15.4. The van der Waals surface area contributed by atoms with E-state index >= 15 is 0 Å². The third-order valence-corrected chi connectivity index (χ3v) is 3.66. The van der Waals surface area contributed by atoms with Crippen LogP contribution in [0.5, 0.6) is 0 Å². The molecule has 0 aliphatic carbocycles. The first-order valence-electron chi connectivity index (χ1n) is 7.46. The monoisotopic (exact) mass is 285 g/mol. The Morgan fingerprint density at radius 3 is 2.29 bits per heavy atom. The topological polar surface area (TPSA) is 46.9 Å². The number of carbonyl (C=O) groups is 1. The van der Waals surface area contributed by atoms with E-state index < -0.39 is 0 Å². The lowest BCUT2D eigenvalue weighted by atomic mass is 10.0. The van der Waals surface area contributed by atoms with Crippen molar-refractivity contribution >= 4 is 11.6 Å². The van der Waals surface area contributed by atoms with Gasteiger partial charge in [-0.1, -0.05) is 32.0 Å². The number of amides is 1. The maximum absolute atomic E-state index is 12.3. The third-order valence-electron chi connectivity index (χ3n) is 3.66. The van der Waals surface area contributed by atoms with E-state index in [1.807, 2.05) is 26.0 Å². The third kappa shape index (κ3) is 3.51. The molecular weight excluding hydrogens is 262 g/mol. The maximum Gasteiger partial charge on any atom is 0.246 e. The molecule has 1 amide bonds. The van der Waals surface area contributed by atoms with Gasteiger partial charge in [0.1, 0.15) is 6.54 Å². The molecule has 1 heterocycles. The highest BCUT2D eigenvalue weighted by atomic mass is 16.2. The molecule has 0 bridgehead atoms. The average molecular weight is 285 g/mol. The molecule has 0 fully saturated rings. The highest BCUT2D eigenvalue weighted by molar-refractivity contribution is 5.92. The standard InChI is InChI=1S/C17H23N3O/c1-5-14-8-7-9-15(6-2)17(14)18-16(21)11-20-13(4)10-12(3)19-20/h7-10H,5-6,11H2,1-4H3,(H,18,21). The Labute approximate surface area is 126 Å². The lowest BCUT2D eigenvalue weighted by Crippen LogP contribution is -2.21. The normalized spacial score (nSPS) is 10.7. The summed E-state index contributed by atoms with van der Waals surface area (Å²) in [6, 6.07) is 8.16. The molecule has 2 aromatic rings. The first kappa shape index (κ1) is 15.3. The van der Waals surface area contributed by atoms with Gasteiger partial charge < -0.3 is 5.32 Å². The van der Waals surface area contributed by atoms with Gasteiger partial charge in [-0.15, -0.1) is 0 Å². The summed E-state index contributed by atoms with van der Waals surface area (Å²) in [6.45, 7) is 8.35. The zero-order valence-corrected chi connectivity index (χ0v) is 13.2. The van der Waals surface area contributed by atoms with Crippen LogP contribution in [0.4, 0.5) is 5.69 Å². The van der Waals surface area contributed by atoms with Crippen molar-refractivity contribution in [1.82, 2.24) is 9.78 Å². The number of carbonyl (C=O) groups excluding carboxylic acids is 1. The van der Waals surface area contributed by atoms with Gasteiger partial charge in [0, 0.05) is 11.4 Å². The van der Waals surface area contributed by atoms with Crippen molar-refractivity contribution in [3.63, 3.8) is 0 Å². The summed E-state index contributed by atoms with van der Waals surface area (Å²) in [5.41, 5.74) is 5.26. The van der Waals surface area contributed by atoms with E-state index in [0.29, 0.717) is 0 Å². The van der Waals surface area contributed by atoms with Crippen molar-refractivity contribution in [3.8, 4) is 0 Å². The van der Waals surface area contributed by atoms with E-state index in [2.05, 4.69) is 36.4 Å². The van der Waals surface area contributed by atoms with Crippen LogP contribution in [-0.2, 0) is 24.2 Å². The second-order valence-electron chi connectivity index (χ2n) is 5.29. The fourth-order valence-corrected chi connectivity index (χ4v) is 2.55. The molecule has 0 unspecified atom stereocenters. The predicted molar refractivity (Wildman–Crippen MR) is 85.5 cm³/mol. The van der Waals surface area contributed by atoms with E-state index in [1.54, 1.807) is 4.68 Å². The molecule has 0 aliphatic rings. The van der Waals surface area contributed by atoms with Gasteiger partial charge >= 0.3 is 0 Å². The average Bonchev–Trinajstić information content (AvgIpc) is 2.76. The van der Waals surface area contributed by atoms with Crippen molar-refractivity contribution in [2.75, 3.05) is 5.32 Å². The predicted octanol–water partition coefficient (Wildman–Crippen LogP) is 3.26. The zero-order valence-electron chi connectivity index (χ0n) is 13.2. The second kappa shape index (κ2) is 6.57. The van der Waals surface area contributed by atoms with Crippen LogP contribution in [0, 0.1) is 13.8 Å². The summed E-state index contributed by atoms with van der Waals surface area (Å²) in [5, 5.41) is 7.40. The molecule has 2 rings (SSSR count). The summed E-state index contributed by atoms with van der Waals surface area (Å²) in [4.78, 5) is 12.3. The number of nitrogens with one attached hydrogen (secondary N) is 1. The summed E-state index contributed by atoms with van der Waals surface area (Å²) >= 11 is 0. The Hall–Kier alpha value is -2.10. The lowest BCUT2D eigenvalue weighted by molar-refractivity contribution is -0.116. The Bertz CT molecular complexity index is 621. The summed E-state index contributed by atoms with van der Waals surface area (Å²) < 4.78 is 1.74. The number of aryl methyl sites for hydroxylation is 4. The smallest absolute Gasteiger partial charge is 0.246 e. The molecule has 0 radical (unpaired) electrons. The number of hydrogen-bond donors (Lipinski definition) is 1.